The van der Waals surface area contributed by atoms with Crippen molar-refractivity contribution in [2.75, 3.05) is 5.32 Å². The molecule has 0 bridgehead atoms. The third-order valence-corrected chi connectivity index (χ3v) is 4.34. The number of hydrogen-bond donors (Lipinski definition) is 2. The Kier molecular flexibility index (Phi) is 5.62. The first-order chi connectivity index (χ1) is 11.7. The van der Waals surface area contributed by atoms with Crippen molar-refractivity contribution in [2.45, 2.75) is 6.04 Å². The number of thiocarbonyl (C=S) groups is 1. The van der Waals surface area contributed by atoms with Crippen LogP contribution in [0.5, 0.6) is 0 Å². The lowest BCUT2D eigenvalue weighted by molar-refractivity contribution is 0.769. The van der Waals surface area contributed by atoms with Gasteiger partial charge in [0, 0.05) is 10.2 Å². The molecule has 24 heavy (non-hydrogen) atoms. The lowest BCUT2D eigenvalue weighted by Gasteiger charge is -2.22. The third kappa shape index (κ3) is 4.43. The zero-order valence-corrected chi connectivity index (χ0v) is 15.3. The van der Waals surface area contributed by atoms with E-state index < -0.39 is 0 Å². The fourth-order valence-electron chi connectivity index (χ4n) is 2.51. The molecule has 3 rings (SSSR count). The fraction of sp³-hybridized carbons (Fsp3) is 0.0500. The number of benzene rings is 3. The van der Waals surface area contributed by atoms with E-state index in [1.807, 2.05) is 60.7 Å². The lowest BCUT2D eigenvalue weighted by Crippen LogP contribution is -2.33. The van der Waals surface area contributed by atoms with Crippen molar-refractivity contribution in [3.8, 4) is 0 Å². The minimum Gasteiger partial charge on any atom is -0.352 e. The van der Waals surface area contributed by atoms with Crippen LogP contribution in [-0.4, -0.2) is 5.11 Å². The monoisotopic (exact) mass is 396 g/mol. The van der Waals surface area contributed by atoms with Gasteiger partial charge >= 0.3 is 0 Å². The van der Waals surface area contributed by atoms with Gasteiger partial charge in [0.25, 0.3) is 0 Å². The van der Waals surface area contributed by atoms with Crippen molar-refractivity contribution >= 4 is 38.9 Å². The molecule has 2 nitrogen and oxygen atoms in total. The number of nitrogens with one attached hydrogen (secondary N) is 2. The second-order valence-electron chi connectivity index (χ2n) is 5.36. The summed E-state index contributed by atoms with van der Waals surface area (Å²) < 4.78 is 1.01. The number of halogens is 1. The maximum Gasteiger partial charge on any atom is 0.171 e. The zero-order valence-electron chi connectivity index (χ0n) is 12.9. The molecule has 3 aromatic carbocycles. The quantitative estimate of drug-likeness (QED) is 0.567. The second-order valence-corrected chi connectivity index (χ2v) is 6.69. The minimum absolute atomic E-state index is 0.000414. The van der Waals surface area contributed by atoms with Gasteiger partial charge in [0.15, 0.2) is 5.11 Å². The molecular formula is C20H17BrN2S. The average Bonchev–Trinajstić information content (AvgIpc) is 2.61. The summed E-state index contributed by atoms with van der Waals surface area (Å²) in [5.74, 6) is 0. The van der Waals surface area contributed by atoms with Crippen molar-refractivity contribution < 1.29 is 0 Å². The maximum atomic E-state index is 5.52. The van der Waals surface area contributed by atoms with Crippen LogP contribution in [0, 0.1) is 0 Å². The molecule has 0 amide bonds. The summed E-state index contributed by atoms with van der Waals surface area (Å²) in [5.41, 5.74) is 3.28. The van der Waals surface area contributed by atoms with E-state index in [0.29, 0.717) is 5.11 Å². The Balaban J connectivity index is 1.80. The van der Waals surface area contributed by atoms with E-state index in [4.69, 9.17) is 12.2 Å². The van der Waals surface area contributed by atoms with Gasteiger partial charge in [-0.1, -0.05) is 82.7 Å². The van der Waals surface area contributed by atoms with E-state index in [-0.39, 0.29) is 6.04 Å². The van der Waals surface area contributed by atoms with Crippen molar-refractivity contribution in [2.24, 2.45) is 0 Å². The summed E-state index contributed by atoms with van der Waals surface area (Å²) in [6.07, 6.45) is 0. The van der Waals surface area contributed by atoms with Crippen molar-refractivity contribution in [3.63, 3.8) is 0 Å². The lowest BCUT2D eigenvalue weighted by atomic mass is 9.99. The topological polar surface area (TPSA) is 24.1 Å². The molecule has 0 aliphatic carbocycles. The number of hydrogen-bond acceptors (Lipinski definition) is 1. The molecule has 0 aliphatic rings. The molecule has 120 valence electrons. The van der Waals surface area contributed by atoms with Gasteiger partial charge in [-0.15, -0.1) is 0 Å². The molecule has 0 unspecified atom stereocenters. The highest BCUT2D eigenvalue weighted by Crippen LogP contribution is 2.22. The van der Waals surface area contributed by atoms with E-state index in [0.717, 1.165) is 10.2 Å². The summed E-state index contributed by atoms with van der Waals surface area (Å²) in [5, 5.41) is 7.25. The highest BCUT2D eigenvalue weighted by atomic mass is 79.9. The molecule has 3 aromatic rings. The molecule has 2 N–H and O–H groups in total. The average molecular weight is 397 g/mol. The maximum absolute atomic E-state index is 5.52. The standard InChI is InChI=1S/C20H17BrN2S/c21-17-12-7-13-18(14-17)22-20(24)23-19(15-8-3-1-4-9-15)16-10-5-2-6-11-16/h1-14,19H,(H2,22,23,24). The minimum atomic E-state index is -0.000414. The van der Waals surface area contributed by atoms with Gasteiger partial charge in [-0.3, -0.25) is 0 Å². The Morgan fingerprint density at radius 1 is 0.792 bits per heavy atom. The van der Waals surface area contributed by atoms with E-state index >= 15 is 0 Å². The Hall–Kier alpha value is -2.17. The second kappa shape index (κ2) is 8.08. The van der Waals surface area contributed by atoms with E-state index in [1.165, 1.54) is 11.1 Å². The van der Waals surface area contributed by atoms with E-state index in [9.17, 15) is 0 Å². The Morgan fingerprint density at radius 2 is 1.38 bits per heavy atom. The summed E-state index contributed by atoms with van der Waals surface area (Å²) in [7, 11) is 0. The van der Waals surface area contributed by atoms with Gasteiger partial charge in [-0.25, -0.2) is 0 Å². The third-order valence-electron chi connectivity index (χ3n) is 3.62. The van der Waals surface area contributed by atoms with Crippen LogP contribution < -0.4 is 10.6 Å². The first-order valence-electron chi connectivity index (χ1n) is 7.65. The van der Waals surface area contributed by atoms with Crippen molar-refractivity contribution in [1.29, 1.82) is 0 Å². The molecule has 0 aliphatic heterocycles. The molecule has 0 aromatic heterocycles. The molecule has 0 saturated heterocycles. The molecule has 4 heteroatoms. The molecule has 0 saturated carbocycles. The fourth-order valence-corrected chi connectivity index (χ4v) is 3.15. The summed E-state index contributed by atoms with van der Waals surface area (Å²) in [6.45, 7) is 0. The van der Waals surface area contributed by atoms with Gasteiger partial charge in [-0.05, 0) is 41.5 Å². The normalized spacial score (nSPS) is 10.4. The van der Waals surface area contributed by atoms with Crippen molar-refractivity contribution in [1.82, 2.24) is 5.32 Å². The van der Waals surface area contributed by atoms with E-state index in [1.54, 1.807) is 0 Å². The van der Waals surface area contributed by atoms with Crippen LogP contribution in [0.15, 0.2) is 89.4 Å². The van der Waals surface area contributed by atoms with Crippen LogP contribution in [0.2, 0.25) is 0 Å². The summed E-state index contributed by atoms with van der Waals surface area (Å²) in [6, 6.07) is 28.5. The van der Waals surface area contributed by atoms with Gasteiger partial charge < -0.3 is 10.6 Å². The zero-order chi connectivity index (χ0) is 16.8. The SMILES string of the molecule is S=C(Nc1cccc(Br)c1)NC(c1ccccc1)c1ccccc1. The number of anilines is 1. The van der Waals surface area contributed by atoms with Crippen LogP contribution >= 0.6 is 28.1 Å². The van der Waals surface area contributed by atoms with Crippen LogP contribution in [-0.2, 0) is 0 Å². The number of rotatable bonds is 4. The highest BCUT2D eigenvalue weighted by Gasteiger charge is 2.14. The van der Waals surface area contributed by atoms with Crippen LogP contribution in [0.4, 0.5) is 5.69 Å². The predicted molar refractivity (Wildman–Crippen MR) is 108 cm³/mol. The Labute approximate surface area is 156 Å². The first-order valence-corrected chi connectivity index (χ1v) is 8.85. The van der Waals surface area contributed by atoms with Crippen molar-refractivity contribution in [3.05, 3.63) is 101 Å². The molecule has 0 atom stereocenters. The van der Waals surface area contributed by atoms with Gasteiger partial charge in [0.1, 0.15) is 0 Å². The van der Waals surface area contributed by atoms with Crippen LogP contribution in [0.1, 0.15) is 17.2 Å². The van der Waals surface area contributed by atoms with Crippen LogP contribution in [0.3, 0.4) is 0 Å². The molecule has 0 heterocycles. The molecule has 0 fully saturated rings. The van der Waals surface area contributed by atoms with Gasteiger partial charge in [0.2, 0.25) is 0 Å². The van der Waals surface area contributed by atoms with Gasteiger partial charge in [-0.2, -0.15) is 0 Å². The molecule has 0 radical (unpaired) electrons. The highest BCUT2D eigenvalue weighted by molar-refractivity contribution is 9.10. The largest absolute Gasteiger partial charge is 0.352 e. The molecule has 0 spiro atoms. The van der Waals surface area contributed by atoms with Gasteiger partial charge in [0.05, 0.1) is 6.04 Å². The Bertz CT molecular complexity index is 767. The summed E-state index contributed by atoms with van der Waals surface area (Å²) >= 11 is 8.99. The Morgan fingerprint density at radius 3 is 1.92 bits per heavy atom. The smallest absolute Gasteiger partial charge is 0.171 e. The predicted octanol–water partition coefficient (Wildman–Crippen LogP) is 5.53. The van der Waals surface area contributed by atoms with E-state index in [2.05, 4.69) is 50.8 Å². The van der Waals surface area contributed by atoms with Crippen LogP contribution in [0.25, 0.3) is 0 Å². The first kappa shape index (κ1) is 16.7. The molecular weight excluding hydrogens is 380 g/mol. The summed E-state index contributed by atoms with van der Waals surface area (Å²) in [4.78, 5) is 0.